The van der Waals surface area contributed by atoms with E-state index in [9.17, 15) is 8.42 Å². The van der Waals surface area contributed by atoms with Gasteiger partial charge in [-0.1, -0.05) is 0 Å². The monoisotopic (exact) mass is 278 g/mol. The van der Waals surface area contributed by atoms with E-state index in [1.54, 1.807) is 19.2 Å². The lowest BCUT2D eigenvalue weighted by Crippen LogP contribution is -2.29. The fourth-order valence-corrected chi connectivity index (χ4v) is 3.82. The fraction of sp³-hybridized carbons (Fsp3) is 0.600. The second kappa shape index (κ2) is 6.46. The molecule has 98 valence electrons. The third-order valence-electron chi connectivity index (χ3n) is 2.26. The molecule has 0 spiro atoms. The molecule has 7 heteroatoms. The number of hydrogen-bond acceptors (Lipinski definition) is 5. The van der Waals surface area contributed by atoms with E-state index in [4.69, 9.17) is 10.5 Å². The Balaban J connectivity index is 2.73. The number of nitrogens with zero attached hydrogens (tertiary/aromatic N) is 1. The summed E-state index contributed by atoms with van der Waals surface area (Å²) in [6.45, 7) is 3.59. The lowest BCUT2D eigenvalue weighted by molar-refractivity contribution is 0.138. The molecular weight excluding hydrogens is 260 g/mol. The van der Waals surface area contributed by atoms with Crippen LogP contribution in [0.15, 0.2) is 16.3 Å². The maximum Gasteiger partial charge on any atom is 0.252 e. The van der Waals surface area contributed by atoms with Crippen LogP contribution >= 0.6 is 11.3 Å². The predicted molar refractivity (Wildman–Crippen MR) is 68.5 cm³/mol. The molecule has 0 aliphatic carbocycles. The predicted octanol–water partition coefficient (Wildman–Crippen LogP) is 0.864. The van der Waals surface area contributed by atoms with E-state index < -0.39 is 10.0 Å². The average molecular weight is 278 g/mol. The maximum absolute atomic E-state index is 12.1. The Bertz CT molecular complexity index is 442. The molecule has 0 aliphatic heterocycles. The van der Waals surface area contributed by atoms with Gasteiger partial charge in [0.1, 0.15) is 4.21 Å². The van der Waals surface area contributed by atoms with E-state index in [2.05, 4.69) is 0 Å². The van der Waals surface area contributed by atoms with Crippen LogP contribution in [0.25, 0.3) is 0 Å². The number of likely N-dealkylation sites (N-methyl/N-ethyl adjacent to an activating group) is 1. The number of ether oxygens (including phenoxy) is 1. The highest BCUT2D eigenvalue weighted by Gasteiger charge is 2.22. The van der Waals surface area contributed by atoms with Crippen molar-refractivity contribution in [1.29, 1.82) is 0 Å². The standard InChI is InChI=1S/C10H18N2O3S2/c1-3-15-7-6-12(2)17(13,14)10-5-4-9(8-11)16-10/h4-5H,3,6-8,11H2,1-2H3. The number of hydrogen-bond donors (Lipinski definition) is 1. The molecule has 0 saturated carbocycles. The quantitative estimate of drug-likeness (QED) is 0.751. The van der Waals surface area contributed by atoms with E-state index in [1.807, 2.05) is 6.92 Å². The Morgan fingerprint density at radius 1 is 1.47 bits per heavy atom. The molecule has 0 bridgehead atoms. The second-order valence-electron chi connectivity index (χ2n) is 3.45. The van der Waals surface area contributed by atoms with E-state index in [0.717, 1.165) is 4.88 Å². The first-order chi connectivity index (χ1) is 8.02. The van der Waals surface area contributed by atoms with E-state index in [0.29, 0.717) is 30.5 Å². The first-order valence-corrected chi connectivity index (χ1v) is 7.61. The van der Waals surface area contributed by atoms with Crippen molar-refractivity contribution in [2.45, 2.75) is 17.7 Å². The van der Waals surface area contributed by atoms with Crippen LogP contribution in [0.2, 0.25) is 0 Å². The normalized spacial score (nSPS) is 12.2. The summed E-state index contributed by atoms with van der Waals surface area (Å²) >= 11 is 1.21. The van der Waals surface area contributed by atoms with Crippen molar-refractivity contribution < 1.29 is 13.2 Å². The molecule has 0 fully saturated rings. The number of rotatable bonds is 7. The van der Waals surface area contributed by atoms with Gasteiger partial charge in [0.2, 0.25) is 0 Å². The summed E-state index contributed by atoms with van der Waals surface area (Å²) in [5.41, 5.74) is 5.46. The lowest BCUT2D eigenvalue weighted by atomic mass is 10.5. The molecule has 0 aliphatic rings. The molecule has 5 nitrogen and oxygen atoms in total. The van der Waals surface area contributed by atoms with Crippen molar-refractivity contribution >= 4 is 21.4 Å². The fourth-order valence-electron chi connectivity index (χ4n) is 1.22. The SMILES string of the molecule is CCOCCN(C)S(=O)(=O)c1ccc(CN)s1. The lowest BCUT2D eigenvalue weighted by Gasteiger charge is -2.15. The van der Waals surface area contributed by atoms with Crippen LogP contribution < -0.4 is 5.73 Å². The van der Waals surface area contributed by atoms with E-state index >= 15 is 0 Å². The van der Waals surface area contributed by atoms with Gasteiger partial charge in [0, 0.05) is 31.6 Å². The Morgan fingerprint density at radius 2 is 2.18 bits per heavy atom. The molecule has 1 aromatic heterocycles. The van der Waals surface area contributed by atoms with Crippen LogP contribution in [0.5, 0.6) is 0 Å². The van der Waals surface area contributed by atoms with Crippen molar-refractivity contribution in [3.63, 3.8) is 0 Å². The van der Waals surface area contributed by atoms with E-state index in [-0.39, 0.29) is 0 Å². The first kappa shape index (κ1) is 14.6. The highest BCUT2D eigenvalue weighted by molar-refractivity contribution is 7.91. The van der Waals surface area contributed by atoms with Crippen LogP contribution in [0.3, 0.4) is 0 Å². The molecule has 1 rings (SSSR count). The molecule has 0 aromatic carbocycles. The largest absolute Gasteiger partial charge is 0.380 e. The zero-order chi connectivity index (χ0) is 12.9. The summed E-state index contributed by atoms with van der Waals surface area (Å²) in [4.78, 5) is 0.863. The zero-order valence-electron chi connectivity index (χ0n) is 10.0. The molecule has 0 radical (unpaired) electrons. The third kappa shape index (κ3) is 3.75. The van der Waals surface area contributed by atoms with Gasteiger partial charge in [-0.3, -0.25) is 0 Å². The summed E-state index contributed by atoms with van der Waals surface area (Å²) in [6, 6.07) is 3.34. The van der Waals surface area contributed by atoms with Crippen molar-refractivity contribution in [3.8, 4) is 0 Å². The van der Waals surface area contributed by atoms with Crippen LogP contribution in [0, 0.1) is 0 Å². The van der Waals surface area contributed by atoms with Gasteiger partial charge in [-0.15, -0.1) is 11.3 Å². The first-order valence-electron chi connectivity index (χ1n) is 5.35. The number of thiophene rings is 1. The minimum atomic E-state index is -3.39. The van der Waals surface area contributed by atoms with Crippen molar-refractivity contribution in [1.82, 2.24) is 4.31 Å². The summed E-state index contributed by atoms with van der Waals surface area (Å²) < 4.78 is 31.0. The van der Waals surface area contributed by atoms with Gasteiger partial charge in [-0.05, 0) is 19.1 Å². The number of sulfonamides is 1. The highest BCUT2D eigenvalue weighted by atomic mass is 32.2. The van der Waals surface area contributed by atoms with Crippen LogP contribution in [-0.2, 0) is 21.3 Å². The molecule has 0 unspecified atom stereocenters. The Labute approximate surface area is 106 Å². The van der Waals surface area contributed by atoms with Gasteiger partial charge >= 0.3 is 0 Å². The van der Waals surface area contributed by atoms with Gasteiger partial charge in [0.15, 0.2) is 0 Å². The van der Waals surface area contributed by atoms with Crippen LogP contribution in [-0.4, -0.2) is 39.5 Å². The topological polar surface area (TPSA) is 72.6 Å². The van der Waals surface area contributed by atoms with Crippen molar-refractivity contribution in [3.05, 3.63) is 17.0 Å². The zero-order valence-corrected chi connectivity index (χ0v) is 11.7. The van der Waals surface area contributed by atoms with Gasteiger partial charge in [0.25, 0.3) is 10.0 Å². The van der Waals surface area contributed by atoms with E-state index in [1.165, 1.54) is 15.6 Å². The van der Waals surface area contributed by atoms with Crippen LogP contribution in [0.1, 0.15) is 11.8 Å². The van der Waals surface area contributed by atoms with Gasteiger partial charge in [0.05, 0.1) is 6.61 Å². The molecular formula is C10H18N2O3S2. The van der Waals surface area contributed by atoms with Crippen molar-refractivity contribution in [2.24, 2.45) is 5.73 Å². The van der Waals surface area contributed by atoms with Crippen LogP contribution in [0.4, 0.5) is 0 Å². The summed E-state index contributed by atoms with van der Waals surface area (Å²) in [5, 5.41) is 0. The number of nitrogens with two attached hydrogens (primary N) is 1. The Kier molecular flexibility index (Phi) is 5.54. The molecule has 17 heavy (non-hydrogen) atoms. The average Bonchev–Trinajstić information content (AvgIpc) is 2.78. The third-order valence-corrected chi connectivity index (χ3v) is 5.69. The second-order valence-corrected chi connectivity index (χ2v) is 6.89. The summed E-state index contributed by atoms with van der Waals surface area (Å²) in [5.74, 6) is 0. The highest BCUT2D eigenvalue weighted by Crippen LogP contribution is 2.23. The maximum atomic E-state index is 12.1. The molecule has 1 aromatic rings. The summed E-state index contributed by atoms with van der Waals surface area (Å²) in [6.07, 6.45) is 0. The molecule has 0 amide bonds. The molecule has 0 atom stereocenters. The van der Waals surface area contributed by atoms with Gasteiger partial charge in [-0.25, -0.2) is 8.42 Å². The minimum Gasteiger partial charge on any atom is -0.380 e. The summed E-state index contributed by atoms with van der Waals surface area (Å²) in [7, 11) is -1.84. The molecule has 2 N–H and O–H groups in total. The van der Waals surface area contributed by atoms with Crippen molar-refractivity contribution in [2.75, 3.05) is 26.8 Å². The Hall–Kier alpha value is -0.470. The molecule has 1 heterocycles. The Morgan fingerprint density at radius 3 is 2.71 bits per heavy atom. The smallest absolute Gasteiger partial charge is 0.252 e. The van der Waals surface area contributed by atoms with Gasteiger partial charge < -0.3 is 10.5 Å². The minimum absolute atomic E-state index is 0.331. The van der Waals surface area contributed by atoms with Gasteiger partial charge in [-0.2, -0.15) is 4.31 Å². The molecule has 0 saturated heterocycles.